The van der Waals surface area contributed by atoms with Crippen molar-refractivity contribution in [2.45, 2.75) is 4.90 Å². The minimum absolute atomic E-state index is 0.274. The smallest absolute Gasteiger partial charge is 0.297 e. The van der Waals surface area contributed by atoms with E-state index in [1.165, 1.54) is 11.9 Å². The number of amides is 1. The first-order chi connectivity index (χ1) is 11.0. The molecule has 6 heteroatoms. The third kappa shape index (κ3) is 3.46. The maximum absolute atomic E-state index is 12.2. The molecule has 0 saturated carbocycles. The fourth-order valence-electron chi connectivity index (χ4n) is 2.09. The molecule has 1 amide bonds. The van der Waals surface area contributed by atoms with Crippen LogP contribution in [0, 0.1) is 0 Å². The molecule has 0 bridgehead atoms. The largest absolute Gasteiger partial charge is 0.451 e. The molecule has 0 atom stereocenters. The summed E-state index contributed by atoms with van der Waals surface area (Å²) in [7, 11) is 3.91. The fraction of sp³-hybridized carbons (Fsp3) is 0.118. The molecular weight excluding hydrogens is 332 g/mol. The Kier molecular flexibility index (Phi) is 4.50. The summed E-state index contributed by atoms with van der Waals surface area (Å²) in [5.41, 5.74) is 1.70. The molecule has 1 N–H and O–H groups in total. The molecule has 0 fully saturated rings. The molecule has 0 radical (unpaired) electrons. The fourth-order valence-corrected chi connectivity index (χ4v) is 2.96. The van der Waals surface area contributed by atoms with Gasteiger partial charge in [0.1, 0.15) is 5.58 Å². The standard InChI is InChI=1S/C17H15ClN2O2S/c1-20(2)12-8-7-11-9-15(22-14(11)10-12)17(21)19-23-16-6-4-3-5-13(16)18/h3-10H,1-2H3,(H,19,21). The molecule has 0 unspecified atom stereocenters. The lowest BCUT2D eigenvalue weighted by Gasteiger charge is -2.11. The van der Waals surface area contributed by atoms with E-state index in [9.17, 15) is 4.79 Å². The van der Waals surface area contributed by atoms with Crippen LogP contribution in [0.15, 0.2) is 57.8 Å². The van der Waals surface area contributed by atoms with Gasteiger partial charge < -0.3 is 9.32 Å². The van der Waals surface area contributed by atoms with Crippen molar-refractivity contribution < 1.29 is 9.21 Å². The van der Waals surface area contributed by atoms with E-state index in [0.29, 0.717) is 10.6 Å². The summed E-state index contributed by atoms with van der Waals surface area (Å²) >= 11 is 7.23. The topological polar surface area (TPSA) is 45.5 Å². The summed E-state index contributed by atoms with van der Waals surface area (Å²) in [5, 5.41) is 1.49. The molecule has 118 valence electrons. The van der Waals surface area contributed by atoms with Crippen LogP contribution in [0.2, 0.25) is 5.02 Å². The first-order valence-electron chi connectivity index (χ1n) is 6.97. The molecule has 0 aliphatic heterocycles. The van der Waals surface area contributed by atoms with E-state index in [0.717, 1.165) is 16.0 Å². The summed E-state index contributed by atoms with van der Waals surface area (Å²) in [4.78, 5) is 15.0. The van der Waals surface area contributed by atoms with Gasteiger partial charge in [-0.1, -0.05) is 23.7 Å². The number of nitrogens with zero attached hydrogens (tertiary/aromatic N) is 1. The van der Waals surface area contributed by atoms with E-state index in [1.807, 2.05) is 55.4 Å². The number of carbonyl (C=O) groups is 1. The minimum Gasteiger partial charge on any atom is -0.451 e. The Bertz CT molecular complexity index is 861. The van der Waals surface area contributed by atoms with Crippen molar-refractivity contribution in [2.24, 2.45) is 0 Å². The Labute approximate surface area is 143 Å². The van der Waals surface area contributed by atoms with E-state index in [4.69, 9.17) is 16.0 Å². The number of carbonyl (C=O) groups excluding carboxylic acids is 1. The van der Waals surface area contributed by atoms with Crippen LogP contribution in [0.25, 0.3) is 11.0 Å². The number of hydrogen-bond acceptors (Lipinski definition) is 4. The molecule has 3 rings (SSSR count). The Hall–Kier alpha value is -2.11. The summed E-state index contributed by atoms with van der Waals surface area (Å²) in [5.74, 6) is -0.0204. The number of rotatable bonds is 4. The van der Waals surface area contributed by atoms with E-state index in [2.05, 4.69) is 4.72 Å². The summed E-state index contributed by atoms with van der Waals surface area (Å²) in [6.07, 6.45) is 0. The molecule has 3 aromatic rings. The lowest BCUT2D eigenvalue weighted by molar-refractivity contribution is 0.0959. The lowest BCUT2D eigenvalue weighted by atomic mass is 10.2. The first-order valence-corrected chi connectivity index (χ1v) is 8.16. The van der Waals surface area contributed by atoms with Crippen molar-refractivity contribution >= 4 is 46.1 Å². The monoisotopic (exact) mass is 346 g/mol. The Morgan fingerprint density at radius 1 is 1.17 bits per heavy atom. The third-order valence-corrected chi connectivity index (χ3v) is 4.64. The van der Waals surface area contributed by atoms with Crippen LogP contribution in [0.5, 0.6) is 0 Å². The zero-order valence-electron chi connectivity index (χ0n) is 12.7. The van der Waals surface area contributed by atoms with Crippen LogP contribution in [-0.2, 0) is 0 Å². The van der Waals surface area contributed by atoms with Crippen LogP contribution in [-0.4, -0.2) is 20.0 Å². The number of fused-ring (bicyclic) bond motifs is 1. The van der Waals surface area contributed by atoms with Crippen LogP contribution in [0.3, 0.4) is 0 Å². The highest BCUT2D eigenvalue weighted by molar-refractivity contribution is 7.98. The minimum atomic E-state index is -0.294. The molecule has 0 aliphatic rings. The average molecular weight is 347 g/mol. The highest BCUT2D eigenvalue weighted by Crippen LogP contribution is 2.27. The zero-order valence-corrected chi connectivity index (χ0v) is 14.2. The summed E-state index contributed by atoms with van der Waals surface area (Å²) in [6.45, 7) is 0. The van der Waals surface area contributed by atoms with Crippen LogP contribution in [0.4, 0.5) is 5.69 Å². The molecule has 0 aliphatic carbocycles. The SMILES string of the molecule is CN(C)c1ccc2cc(C(=O)NSc3ccccc3Cl)oc2c1. The predicted octanol–water partition coefficient (Wildman–Crippen LogP) is 4.59. The number of furan rings is 1. The van der Waals surface area contributed by atoms with Crippen LogP contribution >= 0.6 is 23.5 Å². The molecular formula is C17H15ClN2O2S. The number of nitrogens with one attached hydrogen (secondary N) is 1. The quantitative estimate of drug-likeness (QED) is 0.702. The molecule has 1 aromatic heterocycles. The van der Waals surface area contributed by atoms with Crippen LogP contribution in [0.1, 0.15) is 10.6 Å². The van der Waals surface area contributed by atoms with E-state index >= 15 is 0 Å². The van der Waals surface area contributed by atoms with Gasteiger partial charge in [0.2, 0.25) is 0 Å². The maximum atomic E-state index is 12.2. The second kappa shape index (κ2) is 6.56. The number of halogens is 1. The number of hydrogen-bond donors (Lipinski definition) is 1. The van der Waals surface area contributed by atoms with Crippen molar-refractivity contribution in [3.8, 4) is 0 Å². The second-order valence-electron chi connectivity index (χ2n) is 5.19. The van der Waals surface area contributed by atoms with Gasteiger partial charge in [0, 0.05) is 36.1 Å². The molecule has 1 heterocycles. The molecule has 4 nitrogen and oxygen atoms in total. The lowest BCUT2D eigenvalue weighted by Crippen LogP contribution is -2.14. The molecule has 0 saturated heterocycles. The van der Waals surface area contributed by atoms with Gasteiger partial charge in [0.25, 0.3) is 5.91 Å². The zero-order chi connectivity index (χ0) is 16.4. The van der Waals surface area contributed by atoms with Crippen molar-refractivity contribution in [1.29, 1.82) is 0 Å². The summed E-state index contributed by atoms with van der Waals surface area (Å²) < 4.78 is 8.40. The number of benzene rings is 2. The van der Waals surface area contributed by atoms with Gasteiger partial charge in [-0.05, 0) is 42.3 Å². The van der Waals surface area contributed by atoms with E-state index < -0.39 is 0 Å². The summed E-state index contributed by atoms with van der Waals surface area (Å²) in [6, 6.07) is 14.9. The highest BCUT2D eigenvalue weighted by Gasteiger charge is 2.13. The van der Waals surface area contributed by atoms with Gasteiger partial charge in [-0.25, -0.2) is 0 Å². The Morgan fingerprint density at radius 2 is 1.96 bits per heavy atom. The van der Waals surface area contributed by atoms with Crippen molar-refractivity contribution in [1.82, 2.24) is 4.72 Å². The molecule has 0 spiro atoms. The molecule has 23 heavy (non-hydrogen) atoms. The first kappa shape index (κ1) is 15.8. The Balaban J connectivity index is 1.77. The van der Waals surface area contributed by atoms with Gasteiger partial charge in [-0.3, -0.25) is 9.52 Å². The van der Waals surface area contributed by atoms with Gasteiger partial charge >= 0.3 is 0 Å². The van der Waals surface area contributed by atoms with Crippen molar-refractivity contribution in [2.75, 3.05) is 19.0 Å². The van der Waals surface area contributed by atoms with Gasteiger partial charge in [0.05, 0.1) is 5.02 Å². The van der Waals surface area contributed by atoms with E-state index in [-0.39, 0.29) is 11.7 Å². The second-order valence-corrected chi connectivity index (χ2v) is 6.45. The van der Waals surface area contributed by atoms with E-state index in [1.54, 1.807) is 12.1 Å². The highest BCUT2D eigenvalue weighted by atomic mass is 35.5. The third-order valence-electron chi connectivity index (χ3n) is 3.33. The predicted molar refractivity (Wildman–Crippen MR) is 95.3 cm³/mol. The number of anilines is 1. The Morgan fingerprint density at radius 3 is 2.70 bits per heavy atom. The maximum Gasteiger partial charge on any atom is 0.297 e. The normalized spacial score (nSPS) is 10.7. The molecule has 2 aromatic carbocycles. The van der Waals surface area contributed by atoms with Gasteiger partial charge in [-0.15, -0.1) is 0 Å². The van der Waals surface area contributed by atoms with Crippen molar-refractivity contribution in [3.63, 3.8) is 0 Å². The van der Waals surface area contributed by atoms with Gasteiger partial charge in [0.15, 0.2) is 5.76 Å². The van der Waals surface area contributed by atoms with Crippen molar-refractivity contribution in [3.05, 3.63) is 59.3 Å². The van der Waals surface area contributed by atoms with Gasteiger partial charge in [-0.2, -0.15) is 0 Å². The average Bonchev–Trinajstić information content (AvgIpc) is 2.97. The van der Waals surface area contributed by atoms with Crippen LogP contribution < -0.4 is 9.62 Å².